The SMILES string of the molecule is CCc1ccc(CC(=O)Nc2cccc([N+](=O)[O-])c2C)cc1. The molecule has 5 nitrogen and oxygen atoms in total. The number of benzene rings is 2. The van der Waals surface area contributed by atoms with Crippen LogP contribution in [0.3, 0.4) is 0 Å². The van der Waals surface area contributed by atoms with Gasteiger partial charge < -0.3 is 5.32 Å². The fourth-order valence-electron chi connectivity index (χ4n) is 2.23. The number of nitrogens with one attached hydrogen (secondary N) is 1. The molecule has 0 atom stereocenters. The smallest absolute Gasteiger partial charge is 0.274 e. The Balaban J connectivity index is 2.08. The lowest BCUT2D eigenvalue weighted by Gasteiger charge is -2.09. The number of amides is 1. The van der Waals surface area contributed by atoms with Crippen LogP contribution < -0.4 is 5.32 Å². The second kappa shape index (κ2) is 6.85. The standard InChI is InChI=1S/C17H18N2O3/c1-3-13-7-9-14(10-8-13)11-17(20)18-15-5-4-6-16(12(15)2)19(21)22/h4-10H,3,11H2,1-2H3,(H,18,20). The molecule has 0 heterocycles. The summed E-state index contributed by atoms with van der Waals surface area (Å²) < 4.78 is 0. The number of nitrogens with zero attached hydrogens (tertiary/aromatic N) is 1. The highest BCUT2D eigenvalue weighted by molar-refractivity contribution is 5.93. The van der Waals surface area contributed by atoms with Crippen molar-refractivity contribution in [1.82, 2.24) is 0 Å². The zero-order chi connectivity index (χ0) is 16.1. The lowest BCUT2D eigenvalue weighted by atomic mass is 10.1. The van der Waals surface area contributed by atoms with Gasteiger partial charge in [-0.3, -0.25) is 14.9 Å². The Morgan fingerprint density at radius 2 is 1.77 bits per heavy atom. The third-order valence-corrected chi connectivity index (χ3v) is 3.57. The maximum absolute atomic E-state index is 12.1. The molecule has 1 amide bonds. The highest BCUT2D eigenvalue weighted by Gasteiger charge is 2.14. The van der Waals surface area contributed by atoms with Crippen molar-refractivity contribution >= 4 is 17.3 Å². The predicted molar refractivity (Wildman–Crippen MR) is 86.0 cm³/mol. The van der Waals surface area contributed by atoms with Gasteiger partial charge in [-0.1, -0.05) is 37.3 Å². The van der Waals surface area contributed by atoms with Crippen molar-refractivity contribution in [3.8, 4) is 0 Å². The molecule has 5 heteroatoms. The van der Waals surface area contributed by atoms with Gasteiger partial charge in [-0.2, -0.15) is 0 Å². The lowest BCUT2D eigenvalue weighted by Crippen LogP contribution is -2.15. The van der Waals surface area contributed by atoms with Crippen LogP contribution in [0.15, 0.2) is 42.5 Å². The molecule has 0 aliphatic heterocycles. The van der Waals surface area contributed by atoms with Crippen LogP contribution in [-0.4, -0.2) is 10.8 Å². The predicted octanol–water partition coefficient (Wildman–Crippen LogP) is 3.65. The molecule has 0 saturated carbocycles. The molecule has 2 rings (SSSR count). The van der Waals surface area contributed by atoms with E-state index >= 15 is 0 Å². The molecule has 2 aromatic carbocycles. The first-order chi connectivity index (χ1) is 10.5. The average Bonchev–Trinajstić information content (AvgIpc) is 2.50. The van der Waals surface area contributed by atoms with E-state index in [1.54, 1.807) is 19.1 Å². The minimum absolute atomic E-state index is 0.00472. The highest BCUT2D eigenvalue weighted by atomic mass is 16.6. The summed E-state index contributed by atoms with van der Waals surface area (Å²) in [5, 5.41) is 13.6. The van der Waals surface area contributed by atoms with Crippen molar-refractivity contribution in [2.24, 2.45) is 0 Å². The topological polar surface area (TPSA) is 72.2 Å². The number of carbonyl (C=O) groups excluding carboxylic acids is 1. The zero-order valence-corrected chi connectivity index (χ0v) is 12.6. The summed E-state index contributed by atoms with van der Waals surface area (Å²) in [6.45, 7) is 3.70. The van der Waals surface area contributed by atoms with Crippen LogP contribution in [0.5, 0.6) is 0 Å². The molecular formula is C17H18N2O3. The third kappa shape index (κ3) is 3.69. The second-order valence-corrected chi connectivity index (χ2v) is 5.10. The summed E-state index contributed by atoms with van der Waals surface area (Å²) >= 11 is 0. The van der Waals surface area contributed by atoms with Gasteiger partial charge in [0, 0.05) is 6.07 Å². The summed E-state index contributed by atoms with van der Waals surface area (Å²) in [6.07, 6.45) is 1.20. The second-order valence-electron chi connectivity index (χ2n) is 5.10. The van der Waals surface area contributed by atoms with Gasteiger partial charge in [-0.25, -0.2) is 0 Å². The van der Waals surface area contributed by atoms with Crippen LogP contribution in [0.2, 0.25) is 0 Å². The van der Waals surface area contributed by atoms with Gasteiger partial charge >= 0.3 is 0 Å². The summed E-state index contributed by atoms with van der Waals surface area (Å²) in [5.74, 6) is -0.187. The average molecular weight is 298 g/mol. The van der Waals surface area contributed by atoms with Gasteiger partial charge in [-0.05, 0) is 30.5 Å². The molecule has 0 saturated heterocycles. The van der Waals surface area contributed by atoms with E-state index in [-0.39, 0.29) is 18.0 Å². The number of nitro benzene ring substituents is 1. The van der Waals surface area contributed by atoms with Crippen molar-refractivity contribution in [3.05, 3.63) is 69.3 Å². The summed E-state index contributed by atoms with van der Waals surface area (Å²) in [4.78, 5) is 22.5. The summed E-state index contributed by atoms with van der Waals surface area (Å²) in [6, 6.07) is 12.5. The quantitative estimate of drug-likeness (QED) is 0.676. The molecule has 22 heavy (non-hydrogen) atoms. The number of anilines is 1. The fraction of sp³-hybridized carbons (Fsp3) is 0.235. The first kappa shape index (κ1) is 15.7. The van der Waals surface area contributed by atoms with E-state index in [1.165, 1.54) is 11.6 Å². The molecule has 114 valence electrons. The monoisotopic (exact) mass is 298 g/mol. The van der Waals surface area contributed by atoms with E-state index in [0.29, 0.717) is 11.3 Å². The number of carbonyl (C=O) groups is 1. The van der Waals surface area contributed by atoms with Crippen LogP contribution in [-0.2, 0) is 17.6 Å². The minimum Gasteiger partial charge on any atom is -0.325 e. The largest absolute Gasteiger partial charge is 0.325 e. The molecule has 0 radical (unpaired) electrons. The number of hydrogen-bond acceptors (Lipinski definition) is 3. The van der Waals surface area contributed by atoms with E-state index in [1.807, 2.05) is 24.3 Å². The number of nitro groups is 1. The van der Waals surface area contributed by atoms with Crippen LogP contribution in [0.4, 0.5) is 11.4 Å². The Hall–Kier alpha value is -2.69. The van der Waals surface area contributed by atoms with E-state index in [9.17, 15) is 14.9 Å². The molecule has 0 aromatic heterocycles. The van der Waals surface area contributed by atoms with E-state index in [0.717, 1.165) is 12.0 Å². The normalized spacial score (nSPS) is 10.3. The summed E-state index contributed by atoms with van der Waals surface area (Å²) in [7, 11) is 0. The van der Waals surface area contributed by atoms with Crippen molar-refractivity contribution in [2.45, 2.75) is 26.7 Å². The van der Waals surface area contributed by atoms with E-state index in [4.69, 9.17) is 0 Å². The Morgan fingerprint density at radius 1 is 1.14 bits per heavy atom. The Kier molecular flexibility index (Phi) is 4.88. The molecule has 0 fully saturated rings. The first-order valence-corrected chi connectivity index (χ1v) is 7.13. The van der Waals surface area contributed by atoms with Crippen molar-refractivity contribution in [1.29, 1.82) is 0 Å². The highest BCUT2D eigenvalue weighted by Crippen LogP contribution is 2.25. The van der Waals surface area contributed by atoms with Crippen molar-refractivity contribution in [2.75, 3.05) is 5.32 Å². The van der Waals surface area contributed by atoms with Crippen LogP contribution in [0.25, 0.3) is 0 Å². The molecule has 0 spiro atoms. The lowest BCUT2D eigenvalue weighted by molar-refractivity contribution is -0.385. The molecule has 1 N–H and O–H groups in total. The van der Waals surface area contributed by atoms with Gasteiger partial charge in [0.15, 0.2) is 0 Å². The van der Waals surface area contributed by atoms with E-state index < -0.39 is 4.92 Å². The third-order valence-electron chi connectivity index (χ3n) is 3.57. The maximum atomic E-state index is 12.1. The Bertz CT molecular complexity index is 694. The van der Waals surface area contributed by atoms with E-state index in [2.05, 4.69) is 12.2 Å². The van der Waals surface area contributed by atoms with Crippen LogP contribution in [0.1, 0.15) is 23.6 Å². The van der Waals surface area contributed by atoms with Gasteiger partial charge in [0.25, 0.3) is 5.69 Å². The van der Waals surface area contributed by atoms with Crippen LogP contribution in [0, 0.1) is 17.0 Å². The van der Waals surface area contributed by atoms with Crippen molar-refractivity contribution < 1.29 is 9.72 Å². The minimum atomic E-state index is -0.450. The molecule has 0 aliphatic carbocycles. The Labute approximate surface area is 129 Å². The number of rotatable bonds is 5. The summed E-state index contributed by atoms with van der Waals surface area (Å²) in [5.41, 5.74) is 3.08. The molecule has 2 aromatic rings. The van der Waals surface area contributed by atoms with Gasteiger partial charge in [0.05, 0.1) is 22.6 Å². The number of aryl methyl sites for hydroxylation is 1. The molecule has 0 aliphatic rings. The molecule has 0 bridgehead atoms. The Morgan fingerprint density at radius 3 is 2.36 bits per heavy atom. The first-order valence-electron chi connectivity index (χ1n) is 7.13. The van der Waals surface area contributed by atoms with Gasteiger partial charge in [0.1, 0.15) is 0 Å². The van der Waals surface area contributed by atoms with Crippen LogP contribution >= 0.6 is 0 Å². The zero-order valence-electron chi connectivity index (χ0n) is 12.6. The molecule has 0 unspecified atom stereocenters. The van der Waals surface area contributed by atoms with Gasteiger partial charge in [-0.15, -0.1) is 0 Å². The van der Waals surface area contributed by atoms with Gasteiger partial charge in [0.2, 0.25) is 5.91 Å². The van der Waals surface area contributed by atoms with Crippen molar-refractivity contribution in [3.63, 3.8) is 0 Å². The fourth-order valence-corrected chi connectivity index (χ4v) is 2.23. The number of hydrogen-bond donors (Lipinski definition) is 1. The molecular weight excluding hydrogens is 280 g/mol. The maximum Gasteiger partial charge on any atom is 0.274 e.